The van der Waals surface area contributed by atoms with E-state index in [-0.39, 0.29) is 10.6 Å². The lowest BCUT2D eigenvalue weighted by Crippen LogP contribution is -2.36. The molecule has 3 amide bonds. The minimum absolute atomic E-state index is 0.192. The fourth-order valence-corrected chi connectivity index (χ4v) is 4.02. The summed E-state index contributed by atoms with van der Waals surface area (Å²) in [6.07, 6.45) is 3.47. The normalized spacial score (nSPS) is 15.4. The van der Waals surface area contributed by atoms with Crippen LogP contribution >= 0.6 is 11.8 Å². The molecule has 0 saturated carbocycles. The number of thioether (sulfide) groups is 1. The third-order valence-electron chi connectivity index (χ3n) is 4.59. The fourth-order valence-electron chi connectivity index (χ4n) is 3.19. The molecule has 4 rings (SSSR count). The van der Waals surface area contributed by atoms with Crippen molar-refractivity contribution in [1.82, 2.24) is 9.47 Å². The third-order valence-corrected chi connectivity index (χ3v) is 5.50. The number of nitrogens with zero attached hydrogens (tertiary/aromatic N) is 2. The Hall–Kier alpha value is -3.46. The van der Waals surface area contributed by atoms with Crippen molar-refractivity contribution < 1.29 is 23.2 Å². The highest BCUT2D eigenvalue weighted by atomic mass is 32.2. The van der Waals surface area contributed by atoms with Crippen molar-refractivity contribution in [3.63, 3.8) is 0 Å². The molecule has 1 aliphatic heterocycles. The van der Waals surface area contributed by atoms with Crippen molar-refractivity contribution >= 4 is 51.5 Å². The molecule has 1 fully saturated rings. The standard InChI is InChI=1S/C21H15F2N3O3S/c1-25-10-12(14-4-2-3-5-17(14)25)8-18-20(28)26(21(29)30-18)11-19(27)24-16-7-6-13(22)9-15(16)23/h2-10H,11H2,1H3,(H,24,27). The van der Waals surface area contributed by atoms with Crippen LogP contribution in [0.5, 0.6) is 0 Å². The second-order valence-corrected chi connectivity index (χ2v) is 7.65. The first kappa shape index (κ1) is 19.8. The number of anilines is 1. The zero-order chi connectivity index (χ0) is 21.4. The molecule has 1 aliphatic rings. The molecule has 0 atom stereocenters. The Bertz CT molecular complexity index is 1240. The molecule has 0 spiro atoms. The number of fused-ring (bicyclic) bond motifs is 1. The van der Waals surface area contributed by atoms with E-state index in [2.05, 4.69) is 5.32 Å². The largest absolute Gasteiger partial charge is 0.350 e. The van der Waals surface area contributed by atoms with Gasteiger partial charge in [0, 0.05) is 35.8 Å². The highest BCUT2D eigenvalue weighted by Crippen LogP contribution is 2.34. The van der Waals surface area contributed by atoms with Crippen LogP contribution in [0.1, 0.15) is 5.56 Å². The molecule has 6 nitrogen and oxygen atoms in total. The Morgan fingerprint density at radius 1 is 1.17 bits per heavy atom. The lowest BCUT2D eigenvalue weighted by Gasteiger charge is -2.12. The van der Waals surface area contributed by atoms with E-state index in [0.29, 0.717) is 6.07 Å². The minimum atomic E-state index is -0.951. The van der Waals surface area contributed by atoms with E-state index in [1.54, 1.807) is 6.08 Å². The van der Waals surface area contributed by atoms with Gasteiger partial charge in [-0.3, -0.25) is 19.3 Å². The smallest absolute Gasteiger partial charge is 0.294 e. The molecule has 1 N–H and O–H groups in total. The summed E-state index contributed by atoms with van der Waals surface area (Å²) in [4.78, 5) is 38.1. The molecule has 2 heterocycles. The van der Waals surface area contributed by atoms with Gasteiger partial charge in [0.1, 0.15) is 18.2 Å². The summed E-state index contributed by atoms with van der Waals surface area (Å²) in [6.45, 7) is -0.575. The molecule has 0 bridgehead atoms. The average Bonchev–Trinajstić information content (AvgIpc) is 3.16. The first-order valence-corrected chi connectivity index (χ1v) is 9.69. The average molecular weight is 427 g/mol. The van der Waals surface area contributed by atoms with Gasteiger partial charge in [0.15, 0.2) is 0 Å². The van der Waals surface area contributed by atoms with E-state index in [1.807, 2.05) is 42.1 Å². The summed E-state index contributed by atoms with van der Waals surface area (Å²) in [6, 6.07) is 10.3. The molecular formula is C21H15F2N3O3S. The van der Waals surface area contributed by atoms with E-state index in [9.17, 15) is 23.2 Å². The number of aromatic nitrogens is 1. The summed E-state index contributed by atoms with van der Waals surface area (Å²) in [7, 11) is 1.88. The van der Waals surface area contributed by atoms with E-state index < -0.39 is 35.2 Å². The van der Waals surface area contributed by atoms with Crippen molar-refractivity contribution in [3.8, 4) is 0 Å². The molecule has 2 aromatic carbocycles. The second kappa shape index (κ2) is 7.75. The first-order valence-electron chi connectivity index (χ1n) is 8.88. The lowest BCUT2D eigenvalue weighted by atomic mass is 10.1. The van der Waals surface area contributed by atoms with Gasteiger partial charge in [0.05, 0.1) is 10.6 Å². The van der Waals surface area contributed by atoms with Gasteiger partial charge in [-0.25, -0.2) is 8.78 Å². The molecule has 152 valence electrons. The molecule has 30 heavy (non-hydrogen) atoms. The number of hydrogen-bond donors (Lipinski definition) is 1. The van der Waals surface area contributed by atoms with Crippen LogP contribution in [-0.2, 0) is 16.6 Å². The third kappa shape index (κ3) is 3.71. The van der Waals surface area contributed by atoms with Crippen LogP contribution in [0.3, 0.4) is 0 Å². The van der Waals surface area contributed by atoms with Crippen molar-refractivity contribution in [2.24, 2.45) is 7.05 Å². The van der Waals surface area contributed by atoms with Gasteiger partial charge in [0.25, 0.3) is 11.1 Å². The van der Waals surface area contributed by atoms with Crippen LogP contribution in [0.25, 0.3) is 17.0 Å². The van der Waals surface area contributed by atoms with Crippen molar-refractivity contribution in [1.29, 1.82) is 0 Å². The SMILES string of the molecule is Cn1cc(C=C2SC(=O)N(CC(=O)Nc3ccc(F)cc3F)C2=O)c2ccccc21. The molecule has 1 aromatic heterocycles. The number of hydrogen-bond acceptors (Lipinski definition) is 4. The molecule has 0 radical (unpaired) electrons. The lowest BCUT2D eigenvalue weighted by molar-refractivity contribution is -0.127. The van der Waals surface area contributed by atoms with Gasteiger partial charge in [-0.15, -0.1) is 0 Å². The van der Waals surface area contributed by atoms with Gasteiger partial charge in [-0.2, -0.15) is 0 Å². The van der Waals surface area contributed by atoms with E-state index in [4.69, 9.17) is 0 Å². The zero-order valence-corrected chi connectivity index (χ0v) is 16.5. The molecule has 3 aromatic rings. The number of benzene rings is 2. The van der Waals surface area contributed by atoms with Gasteiger partial charge in [-0.1, -0.05) is 18.2 Å². The maximum atomic E-state index is 13.7. The van der Waals surface area contributed by atoms with E-state index in [0.717, 1.165) is 45.3 Å². The summed E-state index contributed by atoms with van der Waals surface area (Å²) in [5.74, 6) is -3.11. The van der Waals surface area contributed by atoms with Crippen LogP contribution in [0.4, 0.5) is 19.3 Å². The topological polar surface area (TPSA) is 71.4 Å². The van der Waals surface area contributed by atoms with E-state index >= 15 is 0 Å². The summed E-state index contributed by atoms with van der Waals surface area (Å²) in [5, 5.41) is 2.57. The van der Waals surface area contributed by atoms with E-state index in [1.165, 1.54) is 0 Å². The summed E-state index contributed by atoms with van der Waals surface area (Å²) >= 11 is 0.733. The molecule has 0 unspecified atom stereocenters. The number of para-hydroxylation sites is 1. The minimum Gasteiger partial charge on any atom is -0.350 e. The highest BCUT2D eigenvalue weighted by molar-refractivity contribution is 8.18. The van der Waals surface area contributed by atoms with Gasteiger partial charge in [-0.05, 0) is 36.0 Å². The monoisotopic (exact) mass is 427 g/mol. The second-order valence-electron chi connectivity index (χ2n) is 6.65. The number of rotatable bonds is 4. The van der Waals surface area contributed by atoms with Crippen LogP contribution in [0, 0.1) is 11.6 Å². The predicted molar refractivity (Wildman–Crippen MR) is 111 cm³/mol. The number of carbonyl (C=O) groups excluding carboxylic acids is 3. The fraction of sp³-hybridized carbons (Fsp3) is 0.0952. The predicted octanol–water partition coefficient (Wildman–Crippen LogP) is 4.13. The molecule has 1 saturated heterocycles. The number of carbonyl (C=O) groups is 3. The zero-order valence-electron chi connectivity index (χ0n) is 15.7. The van der Waals surface area contributed by atoms with Crippen molar-refractivity contribution in [2.75, 3.05) is 11.9 Å². The summed E-state index contributed by atoms with van der Waals surface area (Å²) in [5.41, 5.74) is 1.51. The van der Waals surface area contributed by atoms with Gasteiger partial charge >= 0.3 is 0 Å². The maximum absolute atomic E-state index is 13.7. The van der Waals surface area contributed by atoms with Gasteiger partial charge in [0.2, 0.25) is 5.91 Å². The first-order chi connectivity index (χ1) is 14.3. The van der Waals surface area contributed by atoms with Crippen LogP contribution in [0.2, 0.25) is 0 Å². The Balaban J connectivity index is 1.52. The molecule has 9 heteroatoms. The quantitative estimate of drug-likeness (QED) is 0.636. The van der Waals surface area contributed by atoms with Crippen molar-refractivity contribution in [2.45, 2.75) is 0 Å². The molecule has 0 aliphatic carbocycles. The Labute approximate surface area is 174 Å². The maximum Gasteiger partial charge on any atom is 0.294 e. The van der Waals surface area contributed by atoms with Gasteiger partial charge < -0.3 is 9.88 Å². The Kier molecular flexibility index (Phi) is 5.13. The highest BCUT2D eigenvalue weighted by Gasteiger charge is 2.36. The Morgan fingerprint density at radius 2 is 1.93 bits per heavy atom. The molecular weight excluding hydrogens is 412 g/mol. The number of halogens is 2. The van der Waals surface area contributed by atoms with Crippen LogP contribution in [0.15, 0.2) is 53.6 Å². The number of nitrogens with one attached hydrogen (secondary N) is 1. The number of imide groups is 1. The number of amides is 3. The van der Waals surface area contributed by atoms with Crippen molar-refractivity contribution in [3.05, 3.63) is 70.8 Å². The summed E-state index contributed by atoms with van der Waals surface area (Å²) < 4.78 is 28.6. The Morgan fingerprint density at radius 3 is 2.70 bits per heavy atom. The number of aryl methyl sites for hydroxylation is 1. The van der Waals surface area contributed by atoms with Crippen LogP contribution < -0.4 is 5.32 Å². The van der Waals surface area contributed by atoms with Crippen LogP contribution in [-0.4, -0.2) is 33.1 Å².